The first-order valence-electron chi connectivity index (χ1n) is 8.24. The Hall–Kier alpha value is -0.840. The molecule has 1 saturated carbocycles. The van der Waals surface area contributed by atoms with Crippen LogP contribution in [-0.2, 0) is 0 Å². The minimum absolute atomic E-state index is 0.638. The normalized spacial score (nSPS) is 21.5. The third-order valence-corrected chi connectivity index (χ3v) is 5.66. The van der Waals surface area contributed by atoms with E-state index in [9.17, 15) is 0 Å². The highest BCUT2D eigenvalue weighted by molar-refractivity contribution is 9.10. The van der Waals surface area contributed by atoms with Crippen LogP contribution in [0.3, 0.4) is 0 Å². The predicted octanol–water partition coefficient (Wildman–Crippen LogP) is 4.22. The van der Waals surface area contributed by atoms with Gasteiger partial charge in [0.15, 0.2) is 0 Å². The number of anilines is 2. The van der Waals surface area contributed by atoms with Gasteiger partial charge in [-0.25, -0.2) is 4.98 Å². The predicted molar refractivity (Wildman–Crippen MR) is 90.9 cm³/mol. The number of aromatic nitrogens is 2. The lowest BCUT2D eigenvalue weighted by atomic mass is 9.68. The first-order chi connectivity index (χ1) is 10.2. The topological polar surface area (TPSA) is 41.1 Å². The molecular formula is C16H25BrN4. The molecule has 0 radical (unpaired) electrons. The summed E-state index contributed by atoms with van der Waals surface area (Å²) in [6.07, 6.45) is 11.7. The minimum Gasteiger partial charge on any atom is -0.355 e. The fourth-order valence-corrected chi connectivity index (χ4v) is 4.26. The van der Waals surface area contributed by atoms with Gasteiger partial charge >= 0.3 is 0 Å². The van der Waals surface area contributed by atoms with Gasteiger partial charge in [-0.2, -0.15) is 4.98 Å². The van der Waals surface area contributed by atoms with Gasteiger partial charge in [0.2, 0.25) is 5.95 Å². The maximum atomic E-state index is 4.68. The van der Waals surface area contributed by atoms with Crippen molar-refractivity contribution in [2.75, 3.05) is 29.9 Å². The van der Waals surface area contributed by atoms with Crippen LogP contribution < -0.4 is 10.2 Å². The quantitative estimate of drug-likeness (QED) is 0.883. The molecule has 1 saturated heterocycles. The Morgan fingerprint density at radius 1 is 1.19 bits per heavy atom. The largest absolute Gasteiger partial charge is 0.355 e. The maximum Gasteiger partial charge on any atom is 0.224 e. The minimum atomic E-state index is 0.638. The molecule has 2 fully saturated rings. The van der Waals surface area contributed by atoms with Crippen LogP contribution in [0.15, 0.2) is 10.7 Å². The summed E-state index contributed by atoms with van der Waals surface area (Å²) in [5, 5.41) is 3.20. The second-order valence-electron chi connectivity index (χ2n) is 6.44. The summed E-state index contributed by atoms with van der Waals surface area (Å²) in [6.45, 7) is 5.17. The van der Waals surface area contributed by atoms with E-state index in [1.165, 1.54) is 44.9 Å². The molecule has 1 aromatic heterocycles. The van der Waals surface area contributed by atoms with Crippen molar-refractivity contribution in [3.8, 4) is 0 Å². The van der Waals surface area contributed by atoms with Crippen molar-refractivity contribution < 1.29 is 0 Å². The zero-order chi connectivity index (χ0) is 14.7. The number of halogens is 1. The summed E-state index contributed by atoms with van der Waals surface area (Å²) >= 11 is 3.61. The molecule has 116 valence electrons. The van der Waals surface area contributed by atoms with E-state index in [2.05, 4.69) is 43.0 Å². The Morgan fingerprint density at radius 3 is 2.57 bits per heavy atom. The third kappa shape index (κ3) is 3.33. The molecule has 4 nitrogen and oxygen atoms in total. The van der Waals surface area contributed by atoms with E-state index >= 15 is 0 Å². The molecule has 1 spiro atoms. The summed E-state index contributed by atoms with van der Waals surface area (Å²) in [6, 6.07) is 0. The van der Waals surface area contributed by atoms with Crippen molar-refractivity contribution in [2.45, 2.75) is 51.9 Å². The highest BCUT2D eigenvalue weighted by atomic mass is 79.9. The average molecular weight is 353 g/mol. The number of nitrogens with zero attached hydrogens (tertiary/aromatic N) is 3. The van der Waals surface area contributed by atoms with E-state index in [4.69, 9.17) is 0 Å². The standard InChI is InChI=1S/C16H25BrN4/c1-2-18-15-19-12-13(17)14(20-15)21-10-8-16(9-11-21)6-4-3-5-7-16/h12H,2-11H2,1H3,(H,18,19,20). The van der Waals surface area contributed by atoms with Crippen LogP contribution in [-0.4, -0.2) is 29.6 Å². The van der Waals surface area contributed by atoms with Crippen molar-refractivity contribution in [2.24, 2.45) is 5.41 Å². The first kappa shape index (κ1) is 15.1. The Morgan fingerprint density at radius 2 is 1.90 bits per heavy atom. The van der Waals surface area contributed by atoms with Gasteiger partial charge in [0.05, 0.1) is 4.47 Å². The van der Waals surface area contributed by atoms with Gasteiger partial charge in [-0.1, -0.05) is 19.3 Å². The molecule has 2 aliphatic rings. The second-order valence-corrected chi connectivity index (χ2v) is 7.30. The molecule has 1 aliphatic heterocycles. The van der Waals surface area contributed by atoms with Gasteiger partial charge in [-0.3, -0.25) is 0 Å². The number of hydrogen-bond donors (Lipinski definition) is 1. The molecule has 0 aromatic carbocycles. The summed E-state index contributed by atoms with van der Waals surface area (Å²) < 4.78 is 1.00. The van der Waals surface area contributed by atoms with Crippen LogP contribution in [0.4, 0.5) is 11.8 Å². The van der Waals surface area contributed by atoms with Crippen molar-refractivity contribution in [1.29, 1.82) is 0 Å². The third-order valence-electron chi connectivity index (χ3n) is 5.10. The molecule has 0 unspecified atom stereocenters. The summed E-state index contributed by atoms with van der Waals surface area (Å²) in [4.78, 5) is 11.4. The molecule has 1 aromatic rings. The average Bonchev–Trinajstić information content (AvgIpc) is 2.51. The Balaban J connectivity index is 1.70. The highest BCUT2D eigenvalue weighted by Crippen LogP contribution is 2.45. The monoisotopic (exact) mass is 352 g/mol. The van der Waals surface area contributed by atoms with E-state index in [0.29, 0.717) is 5.41 Å². The molecular weight excluding hydrogens is 328 g/mol. The number of rotatable bonds is 3. The summed E-state index contributed by atoms with van der Waals surface area (Å²) in [7, 11) is 0. The maximum absolute atomic E-state index is 4.68. The molecule has 0 bridgehead atoms. The van der Waals surface area contributed by atoms with Crippen molar-refractivity contribution in [3.05, 3.63) is 10.7 Å². The number of nitrogens with one attached hydrogen (secondary N) is 1. The van der Waals surface area contributed by atoms with Crippen LogP contribution in [0.1, 0.15) is 51.9 Å². The first-order valence-corrected chi connectivity index (χ1v) is 9.03. The van der Waals surface area contributed by atoms with Crippen LogP contribution in [0.5, 0.6) is 0 Å². The van der Waals surface area contributed by atoms with E-state index in [0.717, 1.165) is 35.9 Å². The van der Waals surface area contributed by atoms with Gasteiger partial charge in [0.25, 0.3) is 0 Å². The zero-order valence-electron chi connectivity index (χ0n) is 12.9. The van der Waals surface area contributed by atoms with E-state index in [1.807, 2.05) is 6.20 Å². The van der Waals surface area contributed by atoms with Crippen molar-refractivity contribution in [3.63, 3.8) is 0 Å². The zero-order valence-corrected chi connectivity index (χ0v) is 14.5. The molecule has 1 N–H and O–H groups in total. The van der Waals surface area contributed by atoms with E-state index in [1.54, 1.807) is 0 Å². The van der Waals surface area contributed by atoms with Gasteiger partial charge in [-0.05, 0) is 54.0 Å². The Labute approximate surface area is 135 Å². The van der Waals surface area contributed by atoms with Gasteiger partial charge in [0.1, 0.15) is 5.82 Å². The lowest BCUT2D eigenvalue weighted by Crippen LogP contribution is -2.41. The highest BCUT2D eigenvalue weighted by Gasteiger charge is 2.36. The molecule has 0 atom stereocenters. The molecule has 3 rings (SSSR count). The van der Waals surface area contributed by atoms with E-state index < -0.39 is 0 Å². The molecule has 1 aliphatic carbocycles. The SMILES string of the molecule is CCNc1ncc(Br)c(N2CCC3(CCCCC3)CC2)n1. The van der Waals surface area contributed by atoms with Crippen LogP contribution in [0, 0.1) is 5.41 Å². The molecule has 21 heavy (non-hydrogen) atoms. The van der Waals surface area contributed by atoms with Crippen LogP contribution in [0.2, 0.25) is 0 Å². The van der Waals surface area contributed by atoms with Crippen molar-refractivity contribution >= 4 is 27.7 Å². The van der Waals surface area contributed by atoms with Gasteiger partial charge in [0, 0.05) is 25.8 Å². The molecule has 2 heterocycles. The Kier molecular flexibility index (Phi) is 4.67. The van der Waals surface area contributed by atoms with Crippen LogP contribution in [0.25, 0.3) is 0 Å². The van der Waals surface area contributed by atoms with Gasteiger partial charge < -0.3 is 10.2 Å². The number of piperidine rings is 1. The summed E-state index contributed by atoms with van der Waals surface area (Å²) in [5.41, 5.74) is 0.638. The smallest absolute Gasteiger partial charge is 0.224 e. The number of hydrogen-bond acceptors (Lipinski definition) is 4. The fraction of sp³-hybridized carbons (Fsp3) is 0.750. The van der Waals surface area contributed by atoms with Crippen molar-refractivity contribution in [1.82, 2.24) is 9.97 Å². The molecule has 0 amide bonds. The van der Waals surface area contributed by atoms with Gasteiger partial charge in [-0.15, -0.1) is 0 Å². The second kappa shape index (κ2) is 6.51. The summed E-state index contributed by atoms with van der Waals surface area (Å²) in [5.74, 6) is 1.78. The Bertz CT molecular complexity index is 475. The lowest BCUT2D eigenvalue weighted by molar-refractivity contribution is 0.144. The molecule has 5 heteroatoms. The fourth-order valence-electron chi connectivity index (χ4n) is 3.82. The van der Waals surface area contributed by atoms with E-state index in [-0.39, 0.29) is 0 Å². The lowest BCUT2D eigenvalue weighted by Gasteiger charge is -2.44. The van der Waals surface area contributed by atoms with Crippen LogP contribution >= 0.6 is 15.9 Å².